The van der Waals surface area contributed by atoms with Crippen molar-refractivity contribution in [3.8, 4) is 0 Å². The topological polar surface area (TPSA) is 95.2 Å². The number of piperidine rings is 1. The summed E-state index contributed by atoms with van der Waals surface area (Å²) < 4.78 is 0. The molecule has 1 aliphatic heterocycles. The molecule has 7 nitrogen and oxygen atoms in total. The zero-order chi connectivity index (χ0) is 17.0. The molecule has 0 radical (unpaired) electrons. The van der Waals surface area contributed by atoms with Gasteiger partial charge in [-0.15, -0.1) is 11.6 Å². The fourth-order valence-corrected chi connectivity index (χ4v) is 2.42. The summed E-state index contributed by atoms with van der Waals surface area (Å²) in [6.07, 6.45) is 1.36. The van der Waals surface area contributed by atoms with Gasteiger partial charge in [-0.05, 0) is 32.8 Å². The number of hydrogen-bond donors (Lipinski definition) is 2. The van der Waals surface area contributed by atoms with Gasteiger partial charge in [0.05, 0.1) is 5.41 Å². The van der Waals surface area contributed by atoms with Crippen LogP contribution in [-0.2, 0) is 4.79 Å². The molecule has 0 atom stereocenters. The predicted octanol–water partition coefficient (Wildman–Crippen LogP) is 0.756. The van der Waals surface area contributed by atoms with E-state index in [0.717, 1.165) is 0 Å². The first-order valence-electron chi connectivity index (χ1n) is 7.55. The quantitative estimate of drug-likeness (QED) is 0.791. The van der Waals surface area contributed by atoms with Crippen LogP contribution < -0.4 is 10.9 Å². The number of hydrogen-bond acceptors (Lipinski definition) is 4. The van der Waals surface area contributed by atoms with Crippen LogP contribution in [0.1, 0.15) is 37.2 Å². The lowest BCUT2D eigenvalue weighted by Gasteiger charge is -2.33. The van der Waals surface area contributed by atoms with Crippen molar-refractivity contribution in [3.05, 3.63) is 28.2 Å². The molecule has 1 aromatic heterocycles. The lowest BCUT2D eigenvalue weighted by molar-refractivity contribution is -0.129. The summed E-state index contributed by atoms with van der Waals surface area (Å²) in [5, 5.41) is 9.00. The number of amides is 2. The van der Waals surface area contributed by atoms with Crippen molar-refractivity contribution in [1.29, 1.82) is 0 Å². The number of nitrogens with zero attached hydrogens (tertiary/aromatic N) is 2. The first-order chi connectivity index (χ1) is 10.8. The van der Waals surface area contributed by atoms with Crippen LogP contribution in [0.4, 0.5) is 0 Å². The highest BCUT2D eigenvalue weighted by atomic mass is 35.5. The summed E-state index contributed by atoms with van der Waals surface area (Å²) >= 11 is 5.80. The van der Waals surface area contributed by atoms with E-state index in [1.54, 1.807) is 18.7 Å². The highest BCUT2D eigenvalue weighted by Crippen LogP contribution is 2.19. The number of nitrogens with one attached hydrogen (secondary N) is 2. The minimum absolute atomic E-state index is 0.0394. The molecule has 0 bridgehead atoms. The highest BCUT2D eigenvalue weighted by molar-refractivity contribution is 6.19. The maximum Gasteiger partial charge on any atom is 0.274 e. The van der Waals surface area contributed by atoms with Crippen LogP contribution in [0, 0.1) is 5.41 Å². The van der Waals surface area contributed by atoms with E-state index in [1.165, 1.54) is 12.1 Å². The highest BCUT2D eigenvalue weighted by Gasteiger charge is 2.30. The molecule has 1 aliphatic rings. The predicted molar refractivity (Wildman–Crippen MR) is 86.4 cm³/mol. The first-order valence-corrected chi connectivity index (χ1v) is 8.09. The van der Waals surface area contributed by atoms with Crippen LogP contribution in [0.15, 0.2) is 16.9 Å². The van der Waals surface area contributed by atoms with Gasteiger partial charge in [0.1, 0.15) is 5.69 Å². The van der Waals surface area contributed by atoms with Crippen LogP contribution in [0.2, 0.25) is 0 Å². The van der Waals surface area contributed by atoms with Crippen molar-refractivity contribution in [2.24, 2.45) is 5.41 Å². The molecule has 1 aromatic rings. The summed E-state index contributed by atoms with van der Waals surface area (Å²) in [5.74, 6) is -0.0275. The molecule has 2 amide bonds. The summed E-state index contributed by atoms with van der Waals surface area (Å²) in [6, 6.07) is 2.73. The number of alkyl halides is 1. The van der Waals surface area contributed by atoms with E-state index in [0.29, 0.717) is 25.9 Å². The number of aromatic amines is 1. The Morgan fingerprint density at radius 2 is 2.04 bits per heavy atom. The van der Waals surface area contributed by atoms with Crippen molar-refractivity contribution in [2.75, 3.05) is 19.0 Å². The fourth-order valence-electron chi connectivity index (χ4n) is 2.29. The van der Waals surface area contributed by atoms with Gasteiger partial charge in [-0.25, -0.2) is 5.10 Å². The van der Waals surface area contributed by atoms with Gasteiger partial charge in [-0.3, -0.25) is 14.4 Å². The average molecular weight is 341 g/mol. The molecule has 0 spiro atoms. The molecule has 8 heteroatoms. The maximum absolute atomic E-state index is 12.3. The second-order valence-corrected chi connectivity index (χ2v) is 6.63. The van der Waals surface area contributed by atoms with Crippen molar-refractivity contribution in [1.82, 2.24) is 20.4 Å². The fraction of sp³-hybridized carbons (Fsp3) is 0.600. The maximum atomic E-state index is 12.3. The second kappa shape index (κ2) is 7.12. The molecule has 1 saturated heterocycles. The van der Waals surface area contributed by atoms with Crippen molar-refractivity contribution in [2.45, 2.75) is 32.7 Å². The van der Waals surface area contributed by atoms with E-state index in [2.05, 4.69) is 15.5 Å². The molecule has 23 heavy (non-hydrogen) atoms. The number of halogens is 1. The third kappa shape index (κ3) is 4.31. The Morgan fingerprint density at radius 3 is 2.57 bits per heavy atom. The average Bonchev–Trinajstić information content (AvgIpc) is 2.55. The van der Waals surface area contributed by atoms with E-state index in [9.17, 15) is 14.4 Å². The van der Waals surface area contributed by atoms with Gasteiger partial charge in [0.15, 0.2) is 0 Å². The summed E-state index contributed by atoms with van der Waals surface area (Å²) in [7, 11) is 0. The van der Waals surface area contributed by atoms with Crippen LogP contribution in [-0.4, -0.2) is 51.9 Å². The van der Waals surface area contributed by atoms with Crippen LogP contribution in [0.3, 0.4) is 0 Å². The normalized spacial score (nSPS) is 16.2. The summed E-state index contributed by atoms with van der Waals surface area (Å²) in [4.78, 5) is 37.1. The Labute approximate surface area is 139 Å². The molecular weight excluding hydrogens is 320 g/mol. The van der Waals surface area contributed by atoms with Crippen LogP contribution in [0.5, 0.6) is 0 Å². The minimum atomic E-state index is -0.603. The molecule has 0 aromatic carbocycles. The van der Waals surface area contributed by atoms with Crippen molar-refractivity contribution in [3.63, 3.8) is 0 Å². The first kappa shape index (κ1) is 17.5. The number of likely N-dealkylation sites (tertiary alicyclic amines) is 1. The van der Waals surface area contributed by atoms with E-state index in [1.807, 2.05) is 0 Å². The zero-order valence-corrected chi connectivity index (χ0v) is 14.0. The Hall–Kier alpha value is -1.89. The van der Waals surface area contributed by atoms with E-state index >= 15 is 0 Å². The number of carbonyl (C=O) groups is 2. The summed E-state index contributed by atoms with van der Waals surface area (Å²) in [6.45, 7) is 4.67. The molecule has 2 N–H and O–H groups in total. The van der Waals surface area contributed by atoms with E-state index in [-0.39, 0.29) is 35.0 Å². The van der Waals surface area contributed by atoms with E-state index in [4.69, 9.17) is 11.6 Å². The Kier molecular flexibility index (Phi) is 5.41. The Bertz CT molecular complexity index is 615. The zero-order valence-electron chi connectivity index (χ0n) is 13.3. The largest absolute Gasteiger partial charge is 0.353 e. The van der Waals surface area contributed by atoms with Gasteiger partial charge >= 0.3 is 0 Å². The molecule has 0 unspecified atom stereocenters. The van der Waals surface area contributed by atoms with Gasteiger partial charge in [0.25, 0.3) is 11.5 Å². The number of rotatable bonds is 4. The number of carbonyl (C=O) groups excluding carboxylic acids is 2. The molecule has 2 heterocycles. The van der Waals surface area contributed by atoms with Gasteiger partial charge in [0, 0.05) is 31.1 Å². The van der Waals surface area contributed by atoms with Gasteiger partial charge < -0.3 is 10.2 Å². The van der Waals surface area contributed by atoms with Gasteiger partial charge in [0.2, 0.25) is 5.91 Å². The van der Waals surface area contributed by atoms with E-state index < -0.39 is 5.41 Å². The van der Waals surface area contributed by atoms with Crippen molar-refractivity contribution < 1.29 is 9.59 Å². The lowest BCUT2D eigenvalue weighted by Crippen LogP contribution is -2.50. The molecule has 1 fully saturated rings. The van der Waals surface area contributed by atoms with Gasteiger partial charge in [-0.1, -0.05) is 0 Å². The SMILES string of the molecule is CC(C)(CCl)C(=O)NC1CCN(C(=O)c2ccc(=O)[nH]n2)CC1. The third-order valence-corrected chi connectivity index (χ3v) is 4.63. The molecule has 0 aliphatic carbocycles. The Morgan fingerprint density at radius 1 is 1.39 bits per heavy atom. The molecule has 0 saturated carbocycles. The molecular formula is C15H21ClN4O3. The lowest BCUT2D eigenvalue weighted by atomic mass is 9.93. The Balaban J connectivity index is 1.88. The smallest absolute Gasteiger partial charge is 0.274 e. The van der Waals surface area contributed by atoms with Crippen LogP contribution in [0.25, 0.3) is 0 Å². The summed E-state index contributed by atoms with van der Waals surface area (Å²) in [5.41, 5.74) is -0.728. The monoisotopic (exact) mass is 340 g/mol. The molecule has 126 valence electrons. The van der Waals surface area contributed by atoms with Crippen molar-refractivity contribution >= 4 is 23.4 Å². The number of H-pyrrole nitrogens is 1. The third-order valence-electron chi connectivity index (χ3n) is 3.96. The standard InChI is InChI=1S/C15H21ClN4O3/c1-15(2,9-16)14(23)17-10-5-7-20(8-6-10)13(22)11-3-4-12(21)19-18-11/h3-4,10H,5-9H2,1-2H3,(H,17,23)(H,19,21). The second-order valence-electron chi connectivity index (χ2n) is 6.36. The van der Waals surface area contributed by atoms with Gasteiger partial charge in [-0.2, -0.15) is 5.10 Å². The number of aromatic nitrogens is 2. The molecule has 2 rings (SSSR count). The minimum Gasteiger partial charge on any atom is -0.353 e. The van der Waals surface area contributed by atoms with Crippen LogP contribution >= 0.6 is 11.6 Å².